The van der Waals surface area contributed by atoms with Crippen molar-refractivity contribution in [3.05, 3.63) is 23.8 Å². The van der Waals surface area contributed by atoms with Crippen LogP contribution in [0.4, 0.5) is 4.79 Å². The number of nitrogens with zero attached hydrogens (tertiary/aromatic N) is 4. The van der Waals surface area contributed by atoms with Crippen molar-refractivity contribution in [1.29, 1.82) is 0 Å². The number of sulfonamides is 1. The summed E-state index contributed by atoms with van der Waals surface area (Å²) in [5.74, 6) is -0.475. The molecule has 0 radical (unpaired) electrons. The minimum Gasteiger partial charge on any atom is -0.496 e. The maximum Gasteiger partial charge on any atom is 0.350 e. The molecular weight excluding hydrogens is 350 g/mol. The van der Waals surface area contributed by atoms with E-state index in [1.807, 2.05) is 5.32 Å². The molecule has 0 atom stereocenters. The molecule has 11 heteroatoms. The van der Waals surface area contributed by atoms with Crippen molar-refractivity contribution in [1.82, 2.24) is 9.62 Å². The summed E-state index contributed by atoms with van der Waals surface area (Å²) in [4.78, 5) is 34.8. The quantitative estimate of drug-likeness (QED) is 0.791. The van der Waals surface area contributed by atoms with Gasteiger partial charge in [-0.1, -0.05) is 0 Å². The number of carbonyl (C=O) groups excluding carboxylic acids is 2. The summed E-state index contributed by atoms with van der Waals surface area (Å²) in [7, 11) is 0.564. The third kappa shape index (κ3) is 2.83. The van der Waals surface area contributed by atoms with Crippen LogP contribution in [0, 0.1) is 0 Å². The van der Waals surface area contributed by atoms with Gasteiger partial charge in [0.15, 0.2) is 17.4 Å². The smallest absolute Gasteiger partial charge is 0.350 e. The Morgan fingerprint density at radius 1 is 1.08 bits per heavy atom. The molecule has 1 N–H and O–H groups in total. The van der Waals surface area contributed by atoms with Crippen molar-refractivity contribution < 1.29 is 22.7 Å². The molecule has 2 aliphatic rings. The third-order valence-electron chi connectivity index (χ3n) is 3.48. The van der Waals surface area contributed by atoms with Gasteiger partial charge < -0.3 is 4.74 Å². The molecule has 1 aromatic carbocycles. The number of aliphatic imine (C=N–C) groups is 3. The van der Waals surface area contributed by atoms with E-state index in [1.165, 1.54) is 39.4 Å². The molecule has 0 aliphatic carbocycles. The van der Waals surface area contributed by atoms with Gasteiger partial charge in [-0.05, 0) is 12.1 Å². The number of amidine groups is 2. The molecule has 0 fully saturated rings. The Kier molecular flexibility index (Phi) is 3.97. The average Bonchev–Trinajstić information content (AvgIpc) is 2.98. The molecule has 0 bridgehead atoms. The minimum absolute atomic E-state index is 0.0343. The number of nitrogens with one attached hydrogen (secondary N) is 1. The number of carbonyl (C=O) groups is 2. The number of imide groups is 1. The van der Waals surface area contributed by atoms with Crippen LogP contribution in [0.15, 0.2) is 38.1 Å². The molecule has 25 heavy (non-hydrogen) atoms. The first-order chi connectivity index (χ1) is 11.7. The highest BCUT2D eigenvalue weighted by Crippen LogP contribution is 2.27. The number of ether oxygens (including phenoxy) is 1. The van der Waals surface area contributed by atoms with E-state index in [4.69, 9.17) is 4.74 Å². The Morgan fingerprint density at radius 2 is 1.80 bits per heavy atom. The predicted octanol–water partition coefficient (Wildman–Crippen LogP) is -0.205. The summed E-state index contributed by atoms with van der Waals surface area (Å²) < 4.78 is 30.8. The van der Waals surface area contributed by atoms with Crippen molar-refractivity contribution in [2.75, 3.05) is 21.2 Å². The molecular formula is C14H13N5O5S. The van der Waals surface area contributed by atoms with E-state index in [9.17, 15) is 18.0 Å². The Labute approximate surface area is 143 Å². The number of hydrogen-bond acceptors (Lipinski definition) is 7. The second-order valence-corrected chi connectivity index (χ2v) is 7.39. The summed E-state index contributed by atoms with van der Waals surface area (Å²) in [5.41, 5.74) is 0.284. The second kappa shape index (κ2) is 5.86. The lowest BCUT2D eigenvalue weighted by Crippen LogP contribution is -2.41. The van der Waals surface area contributed by atoms with Gasteiger partial charge in [-0.3, -0.25) is 10.1 Å². The summed E-state index contributed by atoms with van der Waals surface area (Å²) in [6.07, 6.45) is 0. The van der Waals surface area contributed by atoms with E-state index < -0.39 is 22.0 Å². The lowest BCUT2D eigenvalue weighted by molar-refractivity contribution is -0.113. The zero-order chi connectivity index (χ0) is 18.4. The summed E-state index contributed by atoms with van der Waals surface area (Å²) in [5, 5.41) is 2.01. The first-order valence-corrected chi connectivity index (χ1v) is 8.40. The number of urea groups is 1. The lowest BCUT2D eigenvalue weighted by atomic mass is 10.2. The molecule has 0 spiro atoms. The van der Waals surface area contributed by atoms with E-state index in [0.717, 1.165) is 4.31 Å². The van der Waals surface area contributed by atoms with E-state index in [-0.39, 0.29) is 28.0 Å². The van der Waals surface area contributed by atoms with Crippen LogP contribution in [0.5, 0.6) is 5.75 Å². The van der Waals surface area contributed by atoms with E-state index >= 15 is 0 Å². The van der Waals surface area contributed by atoms with Gasteiger partial charge in [-0.25, -0.2) is 27.5 Å². The highest BCUT2D eigenvalue weighted by atomic mass is 32.2. The van der Waals surface area contributed by atoms with Gasteiger partial charge in [-0.15, -0.1) is 0 Å². The summed E-state index contributed by atoms with van der Waals surface area (Å²) >= 11 is 0. The number of rotatable bonds is 4. The molecule has 3 rings (SSSR count). The molecule has 2 heterocycles. The number of benzene rings is 1. The van der Waals surface area contributed by atoms with Crippen molar-refractivity contribution in [2.24, 2.45) is 15.0 Å². The number of hydrogen-bond donors (Lipinski definition) is 1. The van der Waals surface area contributed by atoms with Gasteiger partial charge in [0.05, 0.1) is 17.6 Å². The monoisotopic (exact) mass is 363 g/mol. The number of fused-ring (bicyclic) bond motifs is 1. The molecule has 3 amide bonds. The zero-order valence-electron chi connectivity index (χ0n) is 13.5. The fraction of sp³-hybridized carbons (Fsp3) is 0.214. The van der Waals surface area contributed by atoms with Crippen LogP contribution in [-0.4, -0.2) is 63.2 Å². The summed E-state index contributed by atoms with van der Waals surface area (Å²) in [6.45, 7) is 0. The molecule has 2 aliphatic heterocycles. The molecule has 1 aromatic rings. The highest BCUT2D eigenvalue weighted by molar-refractivity contribution is 7.89. The van der Waals surface area contributed by atoms with Crippen molar-refractivity contribution >= 4 is 39.3 Å². The second-order valence-electron chi connectivity index (χ2n) is 5.24. The minimum atomic E-state index is -3.64. The van der Waals surface area contributed by atoms with Crippen LogP contribution < -0.4 is 10.1 Å². The van der Waals surface area contributed by atoms with Crippen molar-refractivity contribution in [2.45, 2.75) is 4.90 Å². The van der Waals surface area contributed by atoms with Gasteiger partial charge >= 0.3 is 6.03 Å². The largest absolute Gasteiger partial charge is 0.496 e. The molecule has 0 unspecified atom stereocenters. The Hall–Kier alpha value is -2.92. The van der Waals surface area contributed by atoms with Crippen LogP contribution >= 0.6 is 0 Å². The molecule has 0 saturated heterocycles. The van der Waals surface area contributed by atoms with Crippen LogP contribution in [0.3, 0.4) is 0 Å². The maximum atomic E-state index is 12.2. The SMILES string of the molecule is COc1cc(S(=O)(=O)N(C)C)ccc1C1=NC2=NC(=O)NC(=O)C2=N1. The predicted molar refractivity (Wildman–Crippen MR) is 88.8 cm³/mol. The standard InChI is InChI=1S/C14H13N5O5S/c1-19(2)25(22,23)7-4-5-8(9(6-7)24-3)11-15-10-12(16-11)17-14(21)18-13(10)20/h4-6H,1-3H3,(H,18,20,21). The van der Waals surface area contributed by atoms with E-state index in [1.54, 1.807) is 0 Å². The van der Waals surface area contributed by atoms with Crippen molar-refractivity contribution in [3.8, 4) is 5.75 Å². The van der Waals surface area contributed by atoms with Crippen LogP contribution in [0.2, 0.25) is 0 Å². The molecule has 130 valence electrons. The van der Waals surface area contributed by atoms with Crippen LogP contribution in [0.25, 0.3) is 0 Å². The highest BCUT2D eigenvalue weighted by Gasteiger charge is 2.32. The maximum absolute atomic E-state index is 12.2. The van der Waals surface area contributed by atoms with Crippen LogP contribution in [-0.2, 0) is 14.8 Å². The van der Waals surface area contributed by atoms with E-state index in [0.29, 0.717) is 5.56 Å². The number of amides is 3. The fourth-order valence-electron chi connectivity index (χ4n) is 2.19. The third-order valence-corrected chi connectivity index (χ3v) is 5.29. The normalized spacial score (nSPS) is 16.9. The van der Waals surface area contributed by atoms with Crippen molar-refractivity contribution in [3.63, 3.8) is 0 Å². The van der Waals surface area contributed by atoms with Gasteiger partial charge in [0, 0.05) is 20.2 Å². The Balaban J connectivity index is 2.08. The lowest BCUT2D eigenvalue weighted by Gasteiger charge is -2.13. The number of methoxy groups -OCH3 is 1. The molecule has 10 nitrogen and oxygen atoms in total. The van der Waals surface area contributed by atoms with Gasteiger partial charge in [0.25, 0.3) is 5.91 Å². The zero-order valence-corrected chi connectivity index (χ0v) is 14.3. The first kappa shape index (κ1) is 16.9. The fourth-order valence-corrected chi connectivity index (χ4v) is 3.11. The first-order valence-electron chi connectivity index (χ1n) is 6.96. The topological polar surface area (TPSA) is 130 Å². The van der Waals surface area contributed by atoms with Gasteiger partial charge in [0.1, 0.15) is 5.75 Å². The van der Waals surface area contributed by atoms with Crippen LogP contribution in [0.1, 0.15) is 5.56 Å². The van der Waals surface area contributed by atoms with Gasteiger partial charge in [0.2, 0.25) is 10.0 Å². The van der Waals surface area contributed by atoms with E-state index in [2.05, 4.69) is 15.0 Å². The molecule has 0 aromatic heterocycles. The van der Waals surface area contributed by atoms with Gasteiger partial charge in [-0.2, -0.15) is 4.99 Å². The Bertz CT molecular complexity index is 991. The molecule has 0 saturated carbocycles. The Morgan fingerprint density at radius 3 is 2.44 bits per heavy atom. The average molecular weight is 363 g/mol. The summed E-state index contributed by atoms with van der Waals surface area (Å²) in [6, 6.07) is 3.37.